The Morgan fingerprint density at radius 1 is 0.882 bits per heavy atom. The lowest BCUT2D eigenvalue weighted by molar-refractivity contribution is -0.134. The number of carbonyl (C=O) groups excluding carboxylic acids is 1. The van der Waals surface area contributed by atoms with Gasteiger partial charge in [-0.05, 0) is 69.0 Å². The second-order valence-electron chi connectivity index (χ2n) is 12.5. The van der Waals surface area contributed by atoms with Crippen LogP contribution in [0.5, 0.6) is 0 Å². The molecule has 3 aliphatic rings. The summed E-state index contributed by atoms with van der Waals surface area (Å²) in [4.78, 5) is 62.8. The van der Waals surface area contributed by atoms with Crippen LogP contribution in [0, 0.1) is 6.92 Å². The van der Waals surface area contributed by atoms with Crippen molar-refractivity contribution in [1.82, 2.24) is 14.8 Å². The zero-order chi connectivity index (χ0) is 37.7. The highest BCUT2D eigenvalue weighted by molar-refractivity contribution is 6.42. The van der Waals surface area contributed by atoms with Gasteiger partial charge in [0, 0.05) is 80.6 Å². The molecule has 1 aromatic heterocycles. The van der Waals surface area contributed by atoms with Gasteiger partial charge in [0.1, 0.15) is 5.82 Å². The molecule has 1 aromatic carbocycles. The molecule has 1 amide bonds. The van der Waals surface area contributed by atoms with Crippen LogP contribution in [-0.2, 0) is 29.4 Å². The number of hydrogen-bond donors (Lipinski definition) is 5. The molecule has 5 rings (SSSR count). The van der Waals surface area contributed by atoms with Gasteiger partial charge in [-0.15, -0.1) is 0 Å². The lowest BCUT2D eigenvalue weighted by Gasteiger charge is -2.49. The molecule has 0 spiro atoms. The summed E-state index contributed by atoms with van der Waals surface area (Å²) < 4.78 is 0. The first kappa shape index (κ1) is 41.1. The Bertz CT molecular complexity index is 1560. The van der Waals surface area contributed by atoms with E-state index in [4.69, 9.17) is 43.6 Å². The molecule has 2 aromatic rings. The summed E-state index contributed by atoms with van der Waals surface area (Å²) in [5, 5.41) is 42.2. The number of aliphatic carboxylic acids is 4. The zero-order valence-electron chi connectivity index (χ0n) is 28.0. The molecular weight excluding hydrogens is 707 g/mol. The largest absolute Gasteiger partial charge is 0.478 e. The summed E-state index contributed by atoms with van der Waals surface area (Å²) in [6.07, 6.45) is 6.07. The van der Waals surface area contributed by atoms with Gasteiger partial charge in [-0.25, -0.2) is 24.2 Å². The number of likely N-dealkylation sites (tertiary alicyclic amines) is 2. The van der Waals surface area contributed by atoms with E-state index in [0.717, 1.165) is 75.5 Å². The monoisotopic (exact) mass is 748 g/mol. The molecule has 5 N–H and O–H groups in total. The van der Waals surface area contributed by atoms with Crippen LogP contribution in [0.25, 0.3) is 0 Å². The summed E-state index contributed by atoms with van der Waals surface area (Å²) in [6, 6.07) is 12.4. The Kier molecular flexibility index (Phi) is 15.6. The van der Waals surface area contributed by atoms with Gasteiger partial charge in [-0.1, -0.05) is 35.3 Å². The van der Waals surface area contributed by atoms with Gasteiger partial charge >= 0.3 is 23.9 Å². The standard InChI is InChI=1S/C27H34Cl2N4O2.2C4H4O4/c1-19-3-2-4-25(30-19)33-18-27(10-7-26(33)35,20-5-6-23(28)24(29)15-20)11-14-31-16-21(17-31)32-12-8-22(34)9-13-32;2*5-3(6)1-2-4(7)8/h2-6,15,21-22,34H,7-14,16-18H2,1H3;2*1-2H,(H,5,6)(H,7,8)/b;2*2-1+/t27-;;/m1../s1. The first-order chi connectivity index (χ1) is 24.1. The van der Waals surface area contributed by atoms with Crippen LogP contribution < -0.4 is 4.90 Å². The normalized spacial score (nSPS) is 20.2. The van der Waals surface area contributed by atoms with Crippen LogP contribution in [-0.4, -0.2) is 122 Å². The van der Waals surface area contributed by atoms with E-state index in [2.05, 4.69) is 20.9 Å². The molecule has 3 aliphatic heterocycles. The third-order valence-electron chi connectivity index (χ3n) is 8.86. The number of nitrogens with zero attached hydrogens (tertiary/aromatic N) is 4. The number of halogens is 2. The maximum atomic E-state index is 13.0. The minimum absolute atomic E-state index is 0.120. The van der Waals surface area contributed by atoms with Crippen LogP contribution in [0.4, 0.5) is 5.82 Å². The van der Waals surface area contributed by atoms with Crippen molar-refractivity contribution in [3.8, 4) is 0 Å². The van der Waals surface area contributed by atoms with Crippen LogP contribution in [0.15, 0.2) is 60.7 Å². The molecule has 1 atom stereocenters. The van der Waals surface area contributed by atoms with E-state index in [0.29, 0.717) is 53.4 Å². The SMILES string of the molecule is Cc1cccc(N2C[C@@](CCN3CC(N4CCC(O)CC4)C3)(c3ccc(Cl)c(Cl)c3)CCC2=O)n1.O=C(O)/C=C/C(=O)O.O=C(O)/C=C/C(=O)O. The molecule has 4 heterocycles. The number of carboxylic acids is 4. The minimum Gasteiger partial charge on any atom is -0.478 e. The summed E-state index contributed by atoms with van der Waals surface area (Å²) in [5.74, 6) is -4.19. The van der Waals surface area contributed by atoms with Gasteiger partial charge in [0.2, 0.25) is 5.91 Å². The van der Waals surface area contributed by atoms with Crippen LogP contribution >= 0.6 is 23.2 Å². The number of amides is 1. The lowest BCUT2D eigenvalue weighted by atomic mass is 9.71. The number of anilines is 1. The Hall–Kier alpha value is -4.34. The lowest BCUT2D eigenvalue weighted by Crippen LogP contribution is -2.61. The highest BCUT2D eigenvalue weighted by Crippen LogP contribution is 2.41. The third kappa shape index (κ3) is 13.1. The number of pyridine rings is 1. The van der Waals surface area contributed by atoms with Crippen molar-refractivity contribution in [2.24, 2.45) is 0 Å². The first-order valence-corrected chi connectivity index (χ1v) is 17.0. The highest BCUT2D eigenvalue weighted by atomic mass is 35.5. The van der Waals surface area contributed by atoms with Crippen molar-refractivity contribution in [1.29, 1.82) is 0 Å². The Labute approximate surface area is 305 Å². The molecule has 0 unspecified atom stereocenters. The van der Waals surface area contributed by atoms with Gasteiger partial charge in [0.15, 0.2) is 0 Å². The first-order valence-electron chi connectivity index (χ1n) is 16.2. The highest BCUT2D eigenvalue weighted by Gasteiger charge is 2.43. The van der Waals surface area contributed by atoms with Gasteiger partial charge < -0.3 is 30.4 Å². The number of aliphatic hydroxyl groups is 1. The smallest absolute Gasteiger partial charge is 0.328 e. The van der Waals surface area contributed by atoms with Crippen molar-refractivity contribution in [2.75, 3.05) is 44.2 Å². The van der Waals surface area contributed by atoms with Crippen LogP contribution in [0.2, 0.25) is 10.0 Å². The summed E-state index contributed by atoms with van der Waals surface area (Å²) >= 11 is 12.7. The van der Waals surface area contributed by atoms with Crippen LogP contribution in [0.1, 0.15) is 43.4 Å². The summed E-state index contributed by atoms with van der Waals surface area (Å²) in [5.41, 5.74) is 1.82. The van der Waals surface area contributed by atoms with Gasteiger partial charge in [-0.2, -0.15) is 0 Å². The van der Waals surface area contributed by atoms with E-state index in [1.165, 1.54) is 0 Å². The molecule has 0 aliphatic carbocycles. The topological polar surface area (TPSA) is 209 Å². The second-order valence-corrected chi connectivity index (χ2v) is 13.3. The molecule has 16 heteroatoms. The van der Waals surface area contributed by atoms with Crippen molar-refractivity contribution in [2.45, 2.75) is 56.6 Å². The average molecular weight is 750 g/mol. The fourth-order valence-electron chi connectivity index (χ4n) is 6.11. The third-order valence-corrected chi connectivity index (χ3v) is 9.60. The average Bonchev–Trinajstić information content (AvgIpc) is 3.05. The zero-order valence-corrected chi connectivity index (χ0v) is 29.5. The molecule has 3 saturated heterocycles. The van der Waals surface area contributed by atoms with E-state index in [-0.39, 0.29) is 17.4 Å². The molecule has 0 radical (unpaired) electrons. The van der Waals surface area contributed by atoms with Crippen molar-refractivity contribution in [3.63, 3.8) is 0 Å². The van der Waals surface area contributed by atoms with Gasteiger partial charge in [0.05, 0.1) is 16.1 Å². The Morgan fingerprint density at radius 2 is 1.45 bits per heavy atom. The number of piperidine rings is 2. The summed E-state index contributed by atoms with van der Waals surface area (Å²) in [7, 11) is 0. The molecule has 0 bridgehead atoms. The van der Waals surface area contributed by atoms with Crippen molar-refractivity contribution >= 4 is 58.8 Å². The van der Waals surface area contributed by atoms with Crippen molar-refractivity contribution in [3.05, 3.63) is 82.0 Å². The molecule has 51 heavy (non-hydrogen) atoms. The summed E-state index contributed by atoms with van der Waals surface area (Å²) in [6.45, 7) is 7.62. The maximum Gasteiger partial charge on any atom is 0.328 e. The number of aromatic nitrogens is 1. The minimum atomic E-state index is -1.26. The van der Waals surface area contributed by atoms with E-state index in [1.807, 2.05) is 42.2 Å². The number of carbonyl (C=O) groups is 5. The number of carboxylic acid groups (broad SMARTS) is 4. The Balaban J connectivity index is 0.000000366. The van der Waals surface area contributed by atoms with Gasteiger partial charge in [0.25, 0.3) is 0 Å². The fraction of sp³-hybridized carbons (Fsp3) is 0.429. The van der Waals surface area contributed by atoms with E-state index in [1.54, 1.807) is 0 Å². The number of rotatable bonds is 10. The Morgan fingerprint density at radius 3 is 1.96 bits per heavy atom. The van der Waals surface area contributed by atoms with Crippen molar-refractivity contribution < 1.29 is 49.5 Å². The number of aliphatic hydroxyl groups excluding tert-OH is 1. The maximum absolute atomic E-state index is 13.0. The molecule has 0 saturated carbocycles. The number of aryl methyl sites for hydroxylation is 1. The van der Waals surface area contributed by atoms with Crippen LogP contribution in [0.3, 0.4) is 0 Å². The molecule has 3 fully saturated rings. The van der Waals surface area contributed by atoms with E-state index in [9.17, 15) is 29.1 Å². The number of hydrogen-bond acceptors (Lipinski definition) is 9. The predicted molar refractivity (Wildman–Crippen MR) is 189 cm³/mol. The van der Waals surface area contributed by atoms with E-state index >= 15 is 0 Å². The van der Waals surface area contributed by atoms with E-state index < -0.39 is 23.9 Å². The molecule has 14 nitrogen and oxygen atoms in total. The fourth-order valence-corrected chi connectivity index (χ4v) is 6.41. The van der Waals surface area contributed by atoms with Gasteiger partial charge in [-0.3, -0.25) is 14.6 Å². The molecule has 276 valence electrons. The molecular formula is C35H42Cl2N4O10. The quantitative estimate of drug-likeness (QED) is 0.220. The predicted octanol–water partition coefficient (Wildman–Crippen LogP) is 3.72. The number of benzene rings is 1. The second kappa shape index (κ2) is 19.3.